The number of halogens is 3. The molecule has 0 atom stereocenters. The SMILES string of the molecule is Cc1cc(CN2CCc3c(cc(Cn4ccnc4C)cc3-c3cn(C)nc3C(F)(F)F)C2=O)ccn1. The molecule has 36 heavy (non-hydrogen) atoms. The molecule has 1 amide bonds. The fourth-order valence-electron chi connectivity index (χ4n) is 4.78. The van der Waals surface area contributed by atoms with Gasteiger partial charge in [-0.1, -0.05) is 0 Å². The van der Waals surface area contributed by atoms with Crippen LogP contribution in [0.5, 0.6) is 0 Å². The molecule has 0 saturated carbocycles. The fourth-order valence-corrected chi connectivity index (χ4v) is 4.78. The average Bonchev–Trinajstić information content (AvgIpc) is 3.41. The molecule has 1 aliphatic rings. The molecule has 0 unspecified atom stereocenters. The summed E-state index contributed by atoms with van der Waals surface area (Å²) in [5.41, 5.74) is 3.00. The molecule has 1 aromatic carbocycles. The van der Waals surface area contributed by atoms with Crippen LogP contribution in [0, 0.1) is 13.8 Å². The molecule has 5 rings (SSSR count). The van der Waals surface area contributed by atoms with Crippen molar-refractivity contribution in [3.05, 3.63) is 88.5 Å². The summed E-state index contributed by atoms with van der Waals surface area (Å²) in [4.78, 5) is 23.8. The van der Waals surface area contributed by atoms with E-state index in [4.69, 9.17) is 0 Å². The molecule has 3 aromatic heterocycles. The number of fused-ring (bicyclic) bond motifs is 1. The highest BCUT2D eigenvalue weighted by molar-refractivity contribution is 5.99. The maximum atomic E-state index is 13.9. The monoisotopic (exact) mass is 494 g/mol. The second kappa shape index (κ2) is 8.92. The van der Waals surface area contributed by atoms with Gasteiger partial charge in [-0.2, -0.15) is 18.3 Å². The largest absolute Gasteiger partial charge is 0.435 e. The van der Waals surface area contributed by atoms with Crippen LogP contribution in [0.15, 0.2) is 49.1 Å². The fraction of sp³-hybridized carbons (Fsp3) is 0.308. The smallest absolute Gasteiger partial charge is 0.334 e. The molecule has 0 saturated heterocycles. The van der Waals surface area contributed by atoms with E-state index in [2.05, 4.69) is 15.1 Å². The highest BCUT2D eigenvalue weighted by atomic mass is 19.4. The summed E-state index contributed by atoms with van der Waals surface area (Å²) in [5.74, 6) is 0.571. The van der Waals surface area contributed by atoms with Crippen molar-refractivity contribution in [2.45, 2.75) is 39.5 Å². The highest BCUT2D eigenvalue weighted by Gasteiger charge is 2.39. The topological polar surface area (TPSA) is 68.8 Å². The van der Waals surface area contributed by atoms with E-state index in [1.165, 1.54) is 17.9 Å². The number of pyridine rings is 1. The number of benzene rings is 1. The first-order chi connectivity index (χ1) is 17.1. The van der Waals surface area contributed by atoms with Gasteiger partial charge in [0, 0.05) is 68.3 Å². The summed E-state index contributed by atoms with van der Waals surface area (Å²) in [6.07, 6.45) is 2.38. The van der Waals surface area contributed by atoms with E-state index >= 15 is 0 Å². The van der Waals surface area contributed by atoms with Gasteiger partial charge in [-0.15, -0.1) is 0 Å². The predicted octanol–water partition coefficient (Wildman–Crippen LogP) is 4.56. The Bertz CT molecular complexity index is 1450. The molecule has 1 aliphatic heterocycles. The van der Waals surface area contributed by atoms with Crippen LogP contribution in [0.3, 0.4) is 0 Å². The standard InChI is InChI=1S/C26H25F3N6O/c1-16-10-18(4-6-30-16)13-35-8-5-20-21(23-15-33(3)32-24(23)26(27,28)29)11-19(12-22(20)25(35)36)14-34-9-7-31-17(34)2/h4,6-7,9-12,15H,5,8,13-14H2,1-3H3. The van der Waals surface area contributed by atoms with Crippen molar-refractivity contribution in [1.29, 1.82) is 0 Å². The van der Waals surface area contributed by atoms with Crippen molar-refractivity contribution in [1.82, 2.24) is 29.2 Å². The van der Waals surface area contributed by atoms with Gasteiger partial charge >= 0.3 is 6.18 Å². The van der Waals surface area contributed by atoms with Crippen LogP contribution in [-0.2, 0) is 32.7 Å². The summed E-state index contributed by atoms with van der Waals surface area (Å²) in [7, 11) is 1.47. The minimum atomic E-state index is -4.62. The number of amides is 1. The maximum Gasteiger partial charge on any atom is 0.435 e. The van der Waals surface area contributed by atoms with Crippen molar-refractivity contribution in [3.63, 3.8) is 0 Å². The Balaban J connectivity index is 1.61. The van der Waals surface area contributed by atoms with Crippen molar-refractivity contribution < 1.29 is 18.0 Å². The van der Waals surface area contributed by atoms with Gasteiger partial charge in [0.25, 0.3) is 5.91 Å². The number of alkyl halides is 3. The van der Waals surface area contributed by atoms with Gasteiger partial charge in [0.1, 0.15) is 5.82 Å². The summed E-state index contributed by atoms with van der Waals surface area (Å²) in [5, 5.41) is 3.70. The Morgan fingerprint density at radius 1 is 0.972 bits per heavy atom. The lowest BCUT2D eigenvalue weighted by Crippen LogP contribution is -2.37. The number of rotatable bonds is 5. The van der Waals surface area contributed by atoms with E-state index < -0.39 is 11.9 Å². The maximum absolute atomic E-state index is 13.9. The van der Waals surface area contributed by atoms with E-state index in [1.54, 1.807) is 35.6 Å². The average molecular weight is 495 g/mol. The Morgan fingerprint density at radius 3 is 2.44 bits per heavy atom. The minimum absolute atomic E-state index is 0.0172. The molecule has 0 radical (unpaired) electrons. The lowest BCUT2D eigenvalue weighted by Gasteiger charge is -2.31. The Morgan fingerprint density at radius 2 is 1.75 bits per heavy atom. The summed E-state index contributed by atoms with van der Waals surface area (Å²) in [6.45, 7) is 4.93. The molecule has 0 aliphatic carbocycles. The molecule has 0 N–H and O–H groups in total. The van der Waals surface area contributed by atoms with Crippen LogP contribution in [0.1, 0.15) is 44.3 Å². The number of aromatic nitrogens is 5. The zero-order valence-corrected chi connectivity index (χ0v) is 20.2. The van der Waals surface area contributed by atoms with Crippen molar-refractivity contribution in [3.8, 4) is 11.1 Å². The molecule has 4 heterocycles. The molecule has 10 heteroatoms. The molecule has 7 nitrogen and oxygen atoms in total. The normalized spacial score (nSPS) is 13.8. The molecular weight excluding hydrogens is 469 g/mol. The molecule has 186 valence electrons. The molecule has 4 aromatic rings. The Labute approximate surface area is 206 Å². The number of imidazole rings is 1. The Kier molecular flexibility index (Phi) is 5.89. The first-order valence-corrected chi connectivity index (χ1v) is 11.6. The molecule has 0 bridgehead atoms. The van der Waals surface area contributed by atoms with Gasteiger partial charge in [-0.3, -0.25) is 14.5 Å². The highest BCUT2D eigenvalue weighted by Crippen LogP contribution is 2.40. The van der Waals surface area contributed by atoms with Crippen molar-refractivity contribution in [2.75, 3.05) is 6.54 Å². The van der Waals surface area contributed by atoms with E-state index in [0.29, 0.717) is 42.7 Å². The van der Waals surface area contributed by atoms with Gasteiger partial charge in [-0.25, -0.2) is 4.98 Å². The zero-order valence-electron chi connectivity index (χ0n) is 20.2. The van der Waals surface area contributed by atoms with Gasteiger partial charge in [-0.05, 0) is 66.8 Å². The second-order valence-electron chi connectivity index (χ2n) is 9.12. The van der Waals surface area contributed by atoms with E-state index in [1.807, 2.05) is 30.5 Å². The lowest BCUT2D eigenvalue weighted by atomic mass is 9.88. The third-order valence-corrected chi connectivity index (χ3v) is 6.46. The summed E-state index contributed by atoms with van der Waals surface area (Å²) >= 11 is 0. The van der Waals surface area contributed by atoms with Gasteiger partial charge in [0.2, 0.25) is 0 Å². The second-order valence-corrected chi connectivity index (χ2v) is 9.12. The first kappa shape index (κ1) is 23.8. The van der Waals surface area contributed by atoms with Crippen LogP contribution in [-0.4, -0.2) is 41.7 Å². The van der Waals surface area contributed by atoms with E-state index in [0.717, 1.165) is 22.6 Å². The summed E-state index contributed by atoms with van der Waals surface area (Å²) < 4.78 is 44.7. The number of aryl methyl sites for hydroxylation is 3. The van der Waals surface area contributed by atoms with Crippen LogP contribution in [0.4, 0.5) is 13.2 Å². The quantitative estimate of drug-likeness (QED) is 0.408. The van der Waals surface area contributed by atoms with Gasteiger partial charge in [0.15, 0.2) is 5.69 Å². The van der Waals surface area contributed by atoms with Crippen LogP contribution in [0.25, 0.3) is 11.1 Å². The van der Waals surface area contributed by atoms with Gasteiger partial charge < -0.3 is 9.47 Å². The number of carbonyl (C=O) groups excluding carboxylic acids is 1. The molecule has 0 spiro atoms. The van der Waals surface area contributed by atoms with Crippen molar-refractivity contribution in [2.24, 2.45) is 7.05 Å². The van der Waals surface area contributed by atoms with Crippen LogP contribution >= 0.6 is 0 Å². The number of carbonyl (C=O) groups is 1. The lowest BCUT2D eigenvalue weighted by molar-refractivity contribution is -0.140. The predicted molar refractivity (Wildman–Crippen MR) is 127 cm³/mol. The van der Waals surface area contributed by atoms with Gasteiger partial charge in [0.05, 0.1) is 0 Å². The number of hydrogen-bond donors (Lipinski definition) is 0. The molecular formula is C26H25F3N6O. The van der Waals surface area contributed by atoms with E-state index in [-0.39, 0.29) is 11.5 Å². The van der Waals surface area contributed by atoms with Crippen molar-refractivity contribution >= 4 is 5.91 Å². The van der Waals surface area contributed by atoms with Crippen LogP contribution < -0.4 is 0 Å². The zero-order chi connectivity index (χ0) is 25.6. The summed E-state index contributed by atoms with van der Waals surface area (Å²) in [6, 6.07) is 7.34. The van der Waals surface area contributed by atoms with Crippen LogP contribution in [0.2, 0.25) is 0 Å². The third-order valence-electron chi connectivity index (χ3n) is 6.46. The minimum Gasteiger partial charge on any atom is -0.334 e. The molecule has 0 fully saturated rings. The van der Waals surface area contributed by atoms with E-state index in [9.17, 15) is 18.0 Å². The third kappa shape index (κ3) is 4.50. The number of hydrogen-bond acceptors (Lipinski definition) is 4. The first-order valence-electron chi connectivity index (χ1n) is 11.6. The Hall–Kier alpha value is -3.95. The number of nitrogens with zero attached hydrogens (tertiary/aromatic N) is 6.